The normalized spacial score (nSPS) is 12.1. The van der Waals surface area contributed by atoms with E-state index in [-0.39, 0.29) is 12.6 Å². The van der Waals surface area contributed by atoms with Crippen molar-refractivity contribution >= 4 is 27.4 Å². The Labute approximate surface area is 186 Å². The van der Waals surface area contributed by atoms with Crippen molar-refractivity contribution in [3.8, 4) is 17.0 Å². The van der Waals surface area contributed by atoms with E-state index in [1.54, 1.807) is 11.3 Å². The number of aliphatic hydroxyl groups is 1. The van der Waals surface area contributed by atoms with Crippen LogP contribution < -0.4 is 10.1 Å². The van der Waals surface area contributed by atoms with Gasteiger partial charge in [-0.05, 0) is 56.5 Å². The van der Waals surface area contributed by atoms with Crippen LogP contribution in [0.15, 0.2) is 54.0 Å². The first kappa shape index (κ1) is 21.2. The maximum atomic E-state index is 8.89. The average molecular weight is 435 g/mol. The molecule has 31 heavy (non-hydrogen) atoms. The number of fused-ring (bicyclic) bond motifs is 1. The van der Waals surface area contributed by atoms with Gasteiger partial charge >= 0.3 is 0 Å². The van der Waals surface area contributed by atoms with Gasteiger partial charge in [-0.15, -0.1) is 11.3 Å². The summed E-state index contributed by atoms with van der Waals surface area (Å²) >= 11 is 1.63. The van der Waals surface area contributed by atoms with Gasteiger partial charge < -0.3 is 15.2 Å². The first-order chi connectivity index (χ1) is 15.1. The van der Waals surface area contributed by atoms with Crippen LogP contribution in [0.4, 0.5) is 5.82 Å². The van der Waals surface area contributed by atoms with Crippen molar-refractivity contribution in [3.63, 3.8) is 0 Å². The summed E-state index contributed by atoms with van der Waals surface area (Å²) in [6.07, 6.45) is 1.59. The molecule has 7 heteroatoms. The van der Waals surface area contributed by atoms with Crippen LogP contribution >= 0.6 is 11.3 Å². The Balaban J connectivity index is 1.50. The van der Waals surface area contributed by atoms with E-state index in [2.05, 4.69) is 45.4 Å². The maximum Gasteiger partial charge on any atom is 0.130 e. The molecule has 1 unspecified atom stereocenters. The van der Waals surface area contributed by atoms with Crippen molar-refractivity contribution in [1.82, 2.24) is 15.0 Å². The predicted molar refractivity (Wildman–Crippen MR) is 126 cm³/mol. The number of unbranched alkanes of at least 4 members (excludes halogenated alkanes) is 1. The fourth-order valence-corrected chi connectivity index (χ4v) is 4.10. The quantitative estimate of drug-likeness (QED) is 0.344. The molecule has 4 aromatic rings. The van der Waals surface area contributed by atoms with Crippen molar-refractivity contribution < 1.29 is 9.84 Å². The number of ether oxygens (including phenoxy) is 1. The van der Waals surface area contributed by atoms with Gasteiger partial charge in [0, 0.05) is 18.2 Å². The molecule has 0 amide bonds. The topological polar surface area (TPSA) is 80.2 Å². The number of aryl methyl sites for hydroxylation is 1. The SMILES string of the molecule is Cc1nc(NC(C)c2cccc(OCCCCO)c2)cc(-c2ccc3ncsc3c2)n1. The number of rotatable bonds is 9. The van der Waals surface area contributed by atoms with E-state index in [0.717, 1.165) is 57.3 Å². The molecule has 4 rings (SSSR count). The van der Waals surface area contributed by atoms with Crippen LogP contribution in [0.2, 0.25) is 0 Å². The van der Waals surface area contributed by atoms with E-state index in [4.69, 9.17) is 9.84 Å². The molecule has 2 N–H and O–H groups in total. The van der Waals surface area contributed by atoms with Crippen LogP contribution in [-0.4, -0.2) is 33.3 Å². The molecule has 0 fully saturated rings. The van der Waals surface area contributed by atoms with Gasteiger partial charge in [0.15, 0.2) is 0 Å². The van der Waals surface area contributed by atoms with Gasteiger partial charge in [0.1, 0.15) is 17.4 Å². The smallest absolute Gasteiger partial charge is 0.130 e. The largest absolute Gasteiger partial charge is 0.494 e. The van der Waals surface area contributed by atoms with Crippen molar-refractivity contribution in [3.05, 3.63) is 65.4 Å². The zero-order valence-electron chi connectivity index (χ0n) is 17.7. The van der Waals surface area contributed by atoms with Gasteiger partial charge in [-0.1, -0.05) is 18.2 Å². The monoisotopic (exact) mass is 434 g/mol. The van der Waals surface area contributed by atoms with Gasteiger partial charge in [-0.25, -0.2) is 15.0 Å². The number of anilines is 1. The standard InChI is InChI=1S/C24H26N4O2S/c1-16(18-6-5-7-20(12-18)30-11-4-3-10-29)26-24-14-22(27-17(2)28-24)19-8-9-21-23(13-19)31-15-25-21/h5-9,12-16,29H,3-4,10-11H2,1-2H3,(H,26,27,28). The summed E-state index contributed by atoms with van der Waals surface area (Å²) in [5.74, 6) is 2.34. The lowest BCUT2D eigenvalue weighted by molar-refractivity contribution is 0.253. The molecule has 0 aliphatic heterocycles. The van der Waals surface area contributed by atoms with Crippen LogP contribution in [0, 0.1) is 6.92 Å². The Bertz CT molecular complexity index is 1160. The molecular formula is C24H26N4O2S. The molecule has 6 nitrogen and oxygen atoms in total. The molecule has 0 spiro atoms. The maximum absolute atomic E-state index is 8.89. The number of nitrogens with one attached hydrogen (secondary N) is 1. The van der Waals surface area contributed by atoms with E-state index in [0.29, 0.717) is 6.61 Å². The third kappa shape index (κ3) is 5.37. The highest BCUT2D eigenvalue weighted by atomic mass is 32.1. The molecule has 0 bridgehead atoms. The van der Waals surface area contributed by atoms with Crippen molar-refractivity contribution in [2.75, 3.05) is 18.5 Å². The molecule has 0 saturated carbocycles. The fraction of sp³-hybridized carbons (Fsp3) is 0.292. The second-order valence-electron chi connectivity index (χ2n) is 7.44. The summed E-state index contributed by atoms with van der Waals surface area (Å²) in [4.78, 5) is 13.6. The molecule has 0 aliphatic rings. The molecular weight excluding hydrogens is 408 g/mol. The number of aliphatic hydroxyl groups excluding tert-OH is 1. The summed E-state index contributed by atoms with van der Waals surface area (Å²) in [7, 11) is 0. The van der Waals surface area contributed by atoms with Crippen molar-refractivity contribution in [2.24, 2.45) is 0 Å². The van der Waals surface area contributed by atoms with Crippen LogP contribution in [0.1, 0.15) is 37.2 Å². The lowest BCUT2D eigenvalue weighted by atomic mass is 10.1. The average Bonchev–Trinajstić information content (AvgIpc) is 3.24. The van der Waals surface area contributed by atoms with Crippen molar-refractivity contribution in [1.29, 1.82) is 0 Å². The van der Waals surface area contributed by atoms with Crippen LogP contribution in [0.3, 0.4) is 0 Å². The van der Waals surface area contributed by atoms with Crippen LogP contribution in [0.25, 0.3) is 21.5 Å². The molecule has 2 aromatic heterocycles. The number of thiazole rings is 1. The first-order valence-electron chi connectivity index (χ1n) is 10.4. The van der Waals surface area contributed by atoms with E-state index < -0.39 is 0 Å². The van der Waals surface area contributed by atoms with E-state index >= 15 is 0 Å². The highest BCUT2D eigenvalue weighted by Gasteiger charge is 2.11. The highest BCUT2D eigenvalue weighted by molar-refractivity contribution is 7.16. The number of aromatic nitrogens is 3. The van der Waals surface area contributed by atoms with Gasteiger partial charge in [-0.2, -0.15) is 0 Å². The second-order valence-corrected chi connectivity index (χ2v) is 8.32. The summed E-state index contributed by atoms with van der Waals surface area (Å²) < 4.78 is 6.95. The molecule has 2 aromatic carbocycles. The number of hydrogen-bond donors (Lipinski definition) is 2. The van der Waals surface area contributed by atoms with Crippen molar-refractivity contribution in [2.45, 2.75) is 32.7 Å². The Morgan fingerprint density at radius 1 is 1.10 bits per heavy atom. The minimum Gasteiger partial charge on any atom is -0.494 e. The molecule has 1 atom stereocenters. The Kier molecular flexibility index (Phi) is 6.74. The minimum atomic E-state index is 0.0483. The lowest BCUT2D eigenvalue weighted by Crippen LogP contribution is -2.09. The Morgan fingerprint density at radius 2 is 2.00 bits per heavy atom. The predicted octanol–water partition coefficient (Wildman–Crippen LogP) is 5.39. The Hall–Kier alpha value is -3.03. The number of hydrogen-bond acceptors (Lipinski definition) is 7. The zero-order chi connectivity index (χ0) is 21.6. The number of benzene rings is 2. The fourth-order valence-electron chi connectivity index (χ4n) is 3.39. The lowest BCUT2D eigenvalue weighted by Gasteiger charge is -2.17. The van der Waals surface area contributed by atoms with E-state index in [1.807, 2.05) is 42.8 Å². The van der Waals surface area contributed by atoms with Crippen LogP contribution in [-0.2, 0) is 0 Å². The summed E-state index contributed by atoms with van der Waals surface area (Å²) in [6, 6.07) is 16.3. The Morgan fingerprint density at radius 3 is 2.87 bits per heavy atom. The second kappa shape index (κ2) is 9.85. The minimum absolute atomic E-state index is 0.0483. The molecule has 0 saturated heterocycles. The molecule has 2 heterocycles. The zero-order valence-corrected chi connectivity index (χ0v) is 18.5. The number of nitrogens with zero attached hydrogens (tertiary/aromatic N) is 3. The van der Waals surface area contributed by atoms with Gasteiger partial charge in [0.2, 0.25) is 0 Å². The van der Waals surface area contributed by atoms with Crippen LogP contribution in [0.5, 0.6) is 5.75 Å². The van der Waals surface area contributed by atoms with Gasteiger partial charge in [0.25, 0.3) is 0 Å². The van der Waals surface area contributed by atoms with Gasteiger partial charge in [-0.3, -0.25) is 0 Å². The molecule has 0 aliphatic carbocycles. The summed E-state index contributed by atoms with van der Waals surface area (Å²) in [5, 5.41) is 12.4. The third-order valence-electron chi connectivity index (χ3n) is 5.01. The highest BCUT2D eigenvalue weighted by Crippen LogP contribution is 2.28. The van der Waals surface area contributed by atoms with Gasteiger partial charge in [0.05, 0.1) is 34.1 Å². The molecule has 0 radical (unpaired) electrons. The summed E-state index contributed by atoms with van der Waals surface area (Å²) in [6.45, 7) is 4.81. The molecule has 160 valence electrons. The first-order valence-corrected chi connectivity index (χ1v) is 11.3. The third-order valence-corrected chi connectivity index (χ3v) is 5.80. The van der Waals surface area contributed by atoms with E-state index in [9.17, 15) is 0 Å². The summed E-state index contributed by atoms with van der Waals surface area (Å²) in [5.41, 5.74) is 5.92. The van der Waals surface area contributed by atoms with E-state index in [1.165, 1.54) is 0 Å².